The molecule has 7 heterocycles. The third-order valence-corrected chi connectivity index (χ3v) is 10.1. The number of hydrogen-bond donors (Lipinski definition) is 2. The predicted molar refractivity (Wildman–Crippen MR) is 183 cm³/mol. The lowest BCUT2D eigenvalue weighted by molar-refractivity contribution is 0.108. The zero-order valence-electron chi connectivity index (χ0n) is 26.6. The molecule has 4 aliphatic heterocycles. The molecule has 2 N–H and O–H groups in total. The van der Waals surface area contributed by atoms with Crippen LogP contribution in [0, 0.1) is 5.82 Å². The van der Waals surface area contributed by atoms with E-state index < -0.39 is 11.9 Å². The van der Waals surface area contributed by atoms with Crippen molar-refractivity contribution < 1.29 is 18.7 Å². The van der Waals surface area contributed by atoms with Gasteiger partial charge in [0.2, 0.25) is 0 Å². The molecule has 4 fully saturated rings. The lowest BCUT2D eigenvalue weighted by atomic mass is 9.95. The first-order valence-electron chi connectivity index (χ1n) is 16.6. The summed E-state index contributed by atoms with van der Waals surface area (Å²) in [6.45, 7) is 5.83. The normalized spacial score (nSPS) is 20.4. The van der Waals surface area contributed by atoms with E-state index in [1.54, 1.807) is 31.5 Å². The van der Waals surface area contributed by atoms with Gasteiger partial charge in [0.15, 0.2) is 5.82 Å². The van der Waals surface area contributed by atoms with Gasteiger partial charge in [-0.15, -0.1) is 0 Å². The lowest BCUT2D eigenvalue weighted by Crippen LogP contribution is -2.44. The van der Waals surface area contributed by atoms with Gasteiger partial charge >= 0.3 is 12.1 Å². The maximum atomic E-state index is 16.6. The van der Waals surface area contributed by atoms with E-state index in [1.807, 2.05) is 11.8 Å². The van der Waals surface area contributed by atoms with Crippen molar-refractivity contribution in [3.63, 3.8) is 0 Å². The average molecular weight is 683 g/mol. The molecule has 4 aromatic rings. The van der Waals surface area contributed by atoms with E-state index in [0.717, 1.165) is 58.0 Å². The maximum absolute atomic E-state index is 16.6. The van der Waals surface area contributed by atoms with E-state index in [9.17, 15) is 4.79 Å². The molecule has 0 saturated carbocycles. The monoisotopic (exact) mass is 682 g/mol. The van der Waals surface area contributed by atoms with Gasteiger partial charge in [-0.2, -0.15) is 26.8 Å². The van der Waals surface area contributed by atoms with Gasteiger partial charge in [-0.05, 0) is 77.1 Å². The van der Waals surface area contributed by atoms with E-state index in [-0.39, 0.29) is 28.8 Å². The molecular formula is C33H40ClFN8O3S. The Morgan fingerprint density at radius 2 is 1.94 bits per heavy atom. The highest BCUT2D eigenvalue weighted by atomic mass is 35.5. The topological polar surface area (TPSA) is 121 Å². The first-order chi connectivity index (χ1) is 22.9. The molecule has 0 spiro atoms. The number of aromatic nitrogens is 5. The van der Waals surface area contributed by atoms with Crippen LogP contribution in [0.4, 0.5) is 15.0 Å². The Morgan fingerprint density at radius 3 is 2.70 bits per heavy atom. The smallest absolute Gasteiger partial charge is 0.407 e. The minimum Gasteiger partial charge on any atom is -0.461 e. The van der Waals surface area contributed by atoms with Crippen LogP contribution in [0.3, 0.4) is 0 Å². The standard InChI is InChI=1S/C31H36ClFN8O3.C2H4S/c1-2-43-30(42)36-20-7-3-4-10-40(17-20)28-23-15-34-26(21-13-19(32)14-24-22(21)16-35-39-24)25(33)27(23)37-29(38-28)44-18-31-8-5-11-41(31)12-6-9-31;1-2-3-1/h13-16,20H,2-12,17-18H2,1H3,(H,35,39)(H,36,42);1-2H2. The van der Waals surface area contributed by atoms with Crippen molar-refractivity contribution in [2.24, 2.45) is 0 Å². The molecule has 250 valence electrons. The van der Waals surface area contributed by atoms with Gasteiger partial charge in [-0.3, -0.25) is 15.0 Å². The molecule has 1 atom stereocenters. The molecule has 8 rings (SSSR count). The third-order valence-electron chi connectivity index (χ3n) is 9.48. The maximum Gasteiger partial charge on any atom is 0.407 e. The Bertz CT molecular complexity index is 1740. The molecule has 1 amide bonds. The number of carbonyl (C=O) groups is 1. The second-order valence-electron chi connectivity index (χ2n) is 12.6. The summed E-state index contributed by atoms with van der Waals surface area (Å²) in [5.74, 6) is 2.78. The summed E-state index contributed by atoms with van der Waals surface area (Å²) >= 11 is 8.39. The Kier molecular flexibility index (Phi) is 9.56. The first kappa shape index (κ1) is 32.1. The number of carbonyl (C=O) groups excluding carboxylic acids is 1. The second kappa shape index (κ2) is 14.0. The summed E-state index contributed by atoms with van der Waals surface area (Å²) in [6.07, 6.45) is 9.83. The van der Waals surface area contributed by atoms with Crippen LogP contribution in [0.1, 0.15) is 51.9 Å². The first-order valence-corrected chi connectivity index (χ1v) is 18.1. The van der Waals surface area contributed by atoms with Crippen LogP contribution in [-0.4, -0.2) is 98.6 Å². The van der Waals surface area contributed by atoms with E-state index in [1.165, 1.54) is 11.5 Å². The van der Waals surface area contributed by atoms with Gasteiger partial charge in [0.05, 0.1) is 29.2 Å². The van der Waals surface area contributed by atoms with Crippen LogP contribution in [0.15, 0.2) is 24.5 Å². The molecule has 11 nitrogen and oxygen atoms in total. The fourth-order valence-corrected chi connectivity index (χ4v) is 7.40. The number of nitrogens with zero attached hydrogens (tertiary/aromatic N) is 6. The largest absolute Gasteiger partial charge is 0.461 e. The molecule has 1 aromatic carbocycles. The van der Waals surface area contributed by atoms with Crippen LogP contribution < -0.4 is 15.0 Å². The number of hydrogen-bond acceptors (Lipinski definition) is 10. The number of H-pyrrole nitrogens is 1. The summed E-state index contributed by atoms with van der Waals surface area (Å²) in [5.41, 5.74) is 1.42. The van der Waals surface area contributed by atoms with Crippen LogP contribution >= 0.6 is 23.4 Å². The Balaban J connectivity index is 0.00000111. The van der Waals surface area contributed by atoms with Crippen molar-refractivity contribution in [1.82, 2.24) is 35.4 Å². The molecule has 0 bridgehead atoms. The van der Waals surface area contributed by atoms with Gasteiger partial charge in [-0.1, -0.05) is 11.6 Å². The molecule has 4 saturated heterocycles. The van der Waals surface area contributed by atoms with Crippen molar-refractivity contribution in [1.29, 1.82) is 0 Å². The number of nitrogens with one attached hydrogen (secondary N) is 2. The Morgan fingerprint density at radius 1 is 1.13 bits per heavy atom. The quantitative estimate of drug-likeness (QED) is 0.218. The summed E-state index contributed by atoms with van der Waals surface area (Å²) in [4.78, 5) is 31.0. The van der Waals surface area contributed by atoms with Gasteiger partial charge in [0.1, 0.15) is 23.6 Å². The average Bonchev–Trinajstić information content (AvgIpc) is 3.71. The van der Waals surface area contributed by atoms with Gasteiger partial charge in [0.25, 0.3) is 0 Å². The highest BCUT2D eigenvalue weighted by Gasteiger charge is 2.45. The van der Waals surface area contributed by atoms with Crippen molar-refractivity contribution in [2.45, 2.75) is 63.5 Å². The zero-order chi connectivity index (χ0) is 32.4. The molecule has 0 aliphatic carbocycles. The van der Waals surface area contributed by atoms with Gasteiger partial charge in [-0.25, -0.2) is 9.18 Å². The number of fused-ring (bicyclic) bond motifs is 3. The minimum absolute atomic E-state index is 0.0225. The number of thioether (sulfide) groups is 1. The number of pyridine rings is 1. The molecular weight excluding hydrogens is 643 g/mol. The number of ether oxygens (including phenoxy) is 2. The number of rotatable bonds is 7. The van der Waals surface area contributed by atoms with Crippen molar-refractivity contribution >= 4 is 57.1 Å². The molecule has 3 aromatic heterocycles. The molecule has 0 radical (unpaired) electrons. The Labute approximate surface area is 282 Å². The summed E-state index contributed by atoms with van der Waals surface area (Å²) in [5, 5.41) is 11.6. The summed E-state index contributed by atoms with van der Waals surface area (Å²) in [7, 11) is 0. The fraction of sp³-hybridized carbons (Fsp3) is 0.545. The van der Waals surface area contributed by atoms with Crippen LogP contribution in [0.2, 0.25) is 5.02 Å². The summed E-state index contributed by atoms with van der Waals surface area (Å²) in [6, 6.07) is 3.40. The molecule has 1 unspecified atom stereocenters. The van der Waals surface area contributed by atoms with Crippen LogP contribution in [0.25, 0.3) is 33.1 Å². The number of halogens is 2. The van der Waals surface area contributed by atoms with Crippen molar-refractivity contribution in [3.8, 4) is 17.3 Å². The predicted octanol–water partition coefficient (Wildman–Crippen LogP) is 6.21. The van der Waals surface area contributed by atoms with E-state index in [4.69, 9.17) is 26.1 Å². The zero-order valence-corrected chi connectivity index (χ0v) is 28.1. The molecule has 14 heteroatoms. The second-order valence-corrected chi connectivity index (χ2v) is 14.3. The van der Waals surface area contributed by atoms with E-state index >= 15 is 4.39 Å². The number of amides is 1. The number of benzene rings is 1. The third kappa shape index (κ3) is 6.93. The lowest BCUT2D eigenvalue weighted by Gasteiger charge is -2.31. The molecule has 4 aliphatic rings. The number of aromatic amines is 1. The summed E-state index contributed by atoms with van der Waals surface area (Å²) < 4.78 is 28.1. The molecule has 47 heavy (non-hydrogen) atoms. The van der Waals surface area contributed by atoms with E-state index in [2.05, 4.69) is 35.3 Å². The van der Waals surface area contributed by atoms with Crippen LogP contribution in [-0.2, 0) is 4.74 Å². The highest BCUT2D eigenvalue weighted by Crippen LogP contribution is 2.40. The fourth-order valence-electron chi connectivity index (χ4n) is 7.18. The minimum atomic E-state index is -0.585. The van der Waals surface area contributed by atoms with Gasteiger partial charge in [0, 0.05) is 52.8 Å². The highest BCUT2D eigenvalue weighted by molar-refractivity contribution is 8.06. The number of anilines is 1. The SMILES string of the molecule is C1CS1.CCOC(=O)NC1CCCCN(c2nc(OCC34CCCN3CCC4)nc3c(F)c(-c4cc(Cl)cc5[nH]ncc45)ncc23)C1. The number of alkyl carbamates (subject to hydrolysis) is 1. The van der Waals surface area contributed by atoms with Crippen LogP contribution in [0.5, 0.6) is 6.01 Å². The van der Waals surface area contributed by atoms with Crippen molar-refractivity contribution in [3.05, 3.63) is 35.4 Å². The van der Waals surface area contributed by atoms with E-state index in [0.29, 0.717) is 59.0 Å². The Hall–Kier alpha value is -3.42. The van der Waals surface area contributed by atoms with Crippen molar-refractivity contribution in [2.75, 3.05) is 55.8 Å². The van der Waals surface area contributed by atoms with Gasteiger partial charge < -0.3 is 19.7 Å².